The molecule has 0 radical (unpaired) electrons. The summed E-state index contributed by atoms with van der Waals surface area (Å²) in [6.07, 6.45) is 6.22. The predicted octanol–water partition coefficient (Wildman–Crippen LogP) is 1.85. The number of H-pyrrole nitrogens is 1. The van der Waals surface area contributed by atoms with Gasteiger partial charge in [-0.1, -0.05) is 0 Å². The Labute approximate surface area is 110 Å². The summed E-state index contributed by atoms with van der Waals surface area (Å²) in [6.45, 7) is 2.96. The fourth-order valence-corrected chi connectivity index (χ4v) is 2.88. The number of hydrogen-bond acceptors (Lipinski definition) is 4. The molecule has 0 aromatic carbocycles. The summed E-state index contributed by atoms with van der Waals surface area (Å²) in [7, 11) is 1.99. The third-order valence-electron chi connectivity index (χ3n) is 3.10. The first-order valence-corrected chi connectivity index (χ1v) is 6.99. The highest BCUT2D eigenvalue weighted by atomic mass is 32.2. The molecule has 1 fully saturated rings. The molecule has 0 unspecified atom stereocenters. The fourth-order valence-electron chi connectivity index (χ4n) is 1.94. The summed E-state index contributed by atoms with van der Waals surface area (Å²) in [6, 6.07) is 0.714. The van der Waals surface area contributed by atoms with Crippen LogP contribution in [-0.2, 0) is 13.6 Å². The van der Waals surface area contributed by atoms with Gasteiger partial charge in [0, 0.05) is 37.6 Å². The molecule has 5 nitrogen and oxygen atoms in total. The minimum absolute atomic E-state index is 0.714. The average Bonchev–Trinajstić information content (AvgIpc) is 2.95. The normalized spacial score (nSPS) is 15.2. The summed E-state index contributed by atoms with van der Waals surface area (Å²) in [5, 5.41) is 10.1. The quantitative estimate of drug-likeness (QED) is 0.864. The van der Waals surface area contributed by atoms with E-state index in [9.17, 15) is 0 Å². The Hall–Kier alpha value is -1.27. The van der Waals surface area contributed by atoms with E-state index in [2.05, 4.69) is 27.3 Å². The molecule has 2 aromatic rings. The second-order valence-electron chi connectivity index (χ2n) is 4.64. The molecule has 3 rings (SSSR count). The highest BCUT2D eigenvalue weighted by molar-refractivity contribution is 7.99. The van der Waals surface area contributed by atoms with Crippen molar-refractivity contribution in [2.24, 2.45) is 7.05 Å². The van der Waals surface area contributed by atoms with Crippen LogP contribution in [0.3, 0.4) is 0 Å². The third-order valence-corrected chi connectivity index (χ3v) is 4.22. The molecule has 96 valence electrons. The maximum Gasteiger partial charge on any atom is 0.171 e. The van der Waals surface area contributed by atoms with E-state index in [1.807, 2.05) is 17.9 Å². The van der Waals surface area contributed by atoms with Crippen molar-refractivity contribution in [3.8, 4) is 0 Å². The number of aromatic nitrogens is 4. The predicted molar refractivity (Wildman–Crippen MR) is 70.5 cm³/mol. The highest BCUT2D eigenvalue weighted by Gasteiger charge is 2.22. The molecule has 1 aliphatic rings. The lowest BCUT2D eigenvalue weighted by Crippen LogP contribution is -2.16. The zero-order chi connectivity index (χ0) is 12.5. The SMILES string of the molecule is Cc1nn(C)c(Sc2ncc[nH]2)c1CNC1CC1. The van der Waals surface area contributed by atoms with Crippen molar-refractivity contribution in [2.45, 2.75) is 42.5 Å². The molecule has 1 saturated carbocycles. The molecule has 1 aliphatic carbocycles. The molecule has 6 heteroatoms. The Bertz CT molecular complexity index is 527. The Balaban J connectivity index is 1.81. The molecular formula is C12H17N5S. The van der Waals surface area contributed by atoms with Crippen molar-refractivity contribution >= 4 is 11.8 Å². The average molecular weight is 263 g/mol. The molecule has 0 spiro atoms. The Morgan fingerprint density at radius 2 is 2.39 bits per heavy atom. The van der Waals surface area contributed by atoms with Gasteiger partial charge in [-0.25, -0.2) is 4.98 Å². The number of hydrogen-bond donors (Lipinski definition) is 2. The number of rotatable bonds is 5. The van der Waals surface area contributed by atoms with Gasteiger partial charge in [-0.3, -0.25) is 4.68 Å². The van der Waals surface area contributed by atoms with Gasteiger partial charge in [0.05, 0.1) is 5.69 Å². The molecule has 0 aliphatic heterocycles. The summed E-state index contributed by atoms with van der Waals surface area (Å²) >= 11 is 1.63. The first-order chi connectivity index (χ1) is 8.74. The van der Waals surface area contributed by atoms with Gasteiger partial charge in [0.15, 0.2) is 5.16 Å². The van der Waals surface area contributed by atoms with Gasteiger partial charge in [-0.05, 0) is 31.5 Å². The molecule has 2 heterocycles. The number of nitrogens with zero attached hydrogens (tertiary/aromatic N) is 3. The van der Waals surface area contributed by atoms with Crippen LogP contribution in [0.5, 0.6) is 0 Å². The maximum absolute atomic E-state index is 4.50. The van der Waals surface area contributed by atoms with Crippen LogP contribution < -0.4 is 5.32 Å². The number of aryl methyl sites for hydroxylation is 2. The monoisotopic (exact) mass is 263 g/mol. The van der Waals surface area contributed by atoms with Crippen LogP contribution >= 0.6 is 11.8 Å². The van der Waals surface area contributed by atoms with Crippen molar-refractivity contribution in [2.75, 3.05) is 0 Å². The van der Waals surface area contributed by atoms with Gasteiger partial charge in [-0.15, -0.1) is 0 Å². The van der Waals surface area contributed by atoms with E-state index in [0.29, 0.717) is 6.04 Å². The molecule has 0 saturated heterocycles. The van der Waals surface area contributed by atoms with E-state index in [-0.39, 0.29) is 0 Å². The van der Waals surface area contributed by atoms with Crippen LogP contribution in [0.15, 0.2) is 22.6 Å². The summed E-state index contributed by atoms with van der Waals surface area (Å²) in [4.78, 5) is 7.37. The molecule has 0 atom stereocenters. The summed E-state index contributed by atoms with van der Waals surface area (Å²) < 4.78 is 1.94. The van der Waals surface area contributed by atoms with E-state index < -0.39 is 0 Å². The van der Waals surface area contributed by atoms with Crippen LogP contribution in [0.25, 0.3) is 0 Å². The largest absolute Gasteiger partial charge is 0.339 e. The van der Waals surface area contributed by atoms with Crippen LogP contribution in [0.2, 0.25) is 0 Å². The van der Waals surface area contributed by atoms with E-state index >= 15 is 0 Å². The Morgan fingerprint density at radius 1 is 1.56 bits per heavy atom. The number of nitrogens with one attached hydrogen (secondary N) is 2. The minimum Gasteiger partial charge on any atom is -0.339 e. The van der Waals surface area contributed by atoms with E-state index in [1.165, 1.54) is 18.4 Å². The maximum atomic E-state index is 4.50. The molecular weight excluding hydrogens is 246 g/mol. The lowest BCUT2D eigenvalue weighted by molar-refractivity contribution is 0.658. The lowest BCUT2D eigenvalue weighted by atomic mass is 10.2. The third kappa shape index (κ3) is 2.44. The van der Waals surface area contributed by atoms with E-state index in [0.717, 1.165) is 22.4 Å². The molecule has 0 amide bonds. The van der Waals surface area contributed by atoms with Gasteiger partial charge >= 0.3 is 0 Å². The van der Waals surface area contributed by atoms with Crippen LogP contribution in [0.1, 0.15) is 24.1 Å². The Morgan fingerprint density at radius 3 is 3.06 bits per heavy atom. The van der Waals surface area contributed by atoms with E-state index in [4.69, 9.17) is 0 Å². The molecule has 0 bridgehead atoms. The van der Waals surface area contributed by atoms with Crippen LogP contribution in [-0.4, -0.2) is 25.8 Å². The first kappa shape index (κ1) is 11.8. The first-order valence-electron chi connectivity index (χ1n) is 6.17. The standard InChI is InChI=1S/C12H17N5S/c1-8-10(7-15-9-3-4-9)11(17(2)16-8)18-12-13-5-6-14-12/h5-6,9,15H,3-4,7H2,1-2H3,(H,13,14). The van der Waals surface area contributed by atoms with Crippen molar-refractivity contribution in [3.05, 3.63) is 23.7 Å². The zero-order valence-corrected chi connectivity index (χ0v) is 11.4. The minimum atomic E-state index is 0.714. The molecule has 2 N–H and O–H groups in total. The Kier molecular flexibility index (Phi) is 3.13. The van der Waals surface area contributed by atoms with Crippen molar-refractivity contribution in [3.63, 3.8) is 0 Å². The van der Waals surface area contributed by atoms with Gasteiger partial charge in [-0.2, -0.15) is 5.10 Å². The van der Waals surface area contributed by atoms with Crippen molar-refractivity contribution < 1.29 is 0 Å². The lowest BCUT2D eigenvalue weighted by Gasteiger charge is -2.05. The molecule has 2 aromatic heterocycles. The van der Waals surface area contributed by atoms with Crippen molar-refractivity contribution in [1.82, 2.24) is 25.1 Å². The van der Waals surface area contributed by atoms with Gasteiger partial charge < -0.3 is 10.3 Å². The van der Waals surface area contributed by atoms with Gasteiger partial charge in [0.2, 0.25) is 0 Å². The van der Waals surface area contributed by atoms with Gasteiger partial charge in [0.1, 0.15) is 5.03 Å². The van der Waals surface area contributed by atoms with Crippen molar-refractivity contribution in [1.29, 1.82) is 0 Å². The smallest absolute Gasteiger partial charge is 0.171 e. The van der Waals surface area contributed by atoms with Gasteiger partial charge in [0.25, 0.3) is 0 Å². The summed E-state index contributed by atoms with van der Waals surface area (Å²) in [5.74, 6) is 0. The second-order valence-corrected chi connectivity index (χ2v) is 5.62. The summed E-state index contributed by atoms with van der Waals surface area (Å²) in [5.41, 5.74) is 2.38. The zero-order valence-electron chi connectivity index (χ0n) is 10.6. The highest BCUT2D eigenvalue weighted by Crippen LogP contribution is 2.30. The second kappa shape index (κ2) is 4.78. The van der Waals surface area contributed by atoms with E-state index in [1.54, 1.807) is 18.0 Å². The number of imidazole rings is 1. The number of aromatic amines is 1. The topological polar surface area (TPSA) is 58.5 Å². The molecule has 18 heavy (non-hydrogen) atoms. The fraction of sp³-hybridized carbons (Fsp3) is 0.500. The van der Waals surface area contributed by atoms with Crippen LogP contribution in [0, 0.1) is 6.92 Å². The van der Waals surface area contributed by atoms with Crippen LogP contribution in [0.4, 0.5) is 0 Å².